The molecule has 1 fully saturated rings. The second-order valence-electron chi connectivity index (χ2n) is 8.81. The van der Waals surface area contributed by atoms with Gasteiger partial charge in [0.25, 0.3) is 5.91 Å². The summed E-state index contributed by atoms with van der Waals surface area (Å²) in [4.78, 5) is 27.4. The number of ether oxygens (including phenoxy) is 2. The Bertz CT molecular complexity index is 966. The van der Waals surface area contributed by atoms with Crippen LogP contribution in [0, 0.1) is 0 Å². The Hall–Kier alpha value is -2.86. The van der Waals surface area contributed by atoms with E-state index in [9.17, 15) is 9.59 Å². The third-order valence-electron chi connectivity index (χ3n) is 6.75. The van der Waals surface area contributed by atoms with Crippen LogP contribution in [0.3, 0.4) is 0 Å². The first-order valence-corrected chi connectivity index (χ1v) is 11.1. The lowest BCUT2D eigenvalue weighted by Gasteiger charge is -2.42. The van der Waals surface area contributed by atoms with Crippen LogP contribution in [0.5, 0.6) is 5.75 Å². The predicted octanol–water partition coefficient (Wildman–Crippen LogP) is 2.74. The van der Waals surface area contributed by atoms with Crippen molar-refractivity contribution in [3.8, 4) is 5.75 Å². The summed E-state index contributed by atoms with van der Waals surface area (Å²) in [6, 6.07) is 15.8. The number of fused-ring (bicyclic) bond motifs is 3. The van der Waals surface area contributed by atoms with Crippen molar-refractivity contribution in [3.05, 3.63) is 65.2 Å². The Balaban J connectivity index is 1.20. The molecule has 0 radical (unpaired) electrons. The number of carbonyl (C=O) groups is 2. The maximum absolute atomic E-state index is 12.9. The van der Waals surface area contributed by atoms with Gasteiger partial charge in [-0.1, -0.05) is 36.4 Å². The fourth-order valence-electron chi connectivity index (χ4n) is 5.13. The van der Waals surface area contributed by atoms with E-state index in [2.05, 4.69) is 17.4 Å². The lowest BCUT2D eigenvalue weighted by atomic mass is 9.94. The van der Waals surface area contributed by atoms with E-state index in [4.69, 9.17) is 9.47 Å². The van der Waals surface area contributed by atoms with Gasteiger partial charge in [-0.05, 0) is 48.9 Å². The molecule has 2 amide bonds. The molecule has 2 aromatic rings. The molecule has 1 aliphatic carbocycles. The second-order valence-corrected chi connectivity index (χ2v) is 8.81. The van der Waals surface area contributed by atoms with Crippen LogP contribution in [0.2, 0.25) is 0 Å². The van der Waals surface area contributed by atoms with Gasteiger partial charge in [-0.15, -0.1) is 0 Å². The monoisotopic (exact) mass is 420 g/mol. The molecule has 6 heteroatoms. The lowest BCUT2D eigenvalue weighted by Crippen LogP contribution is -2.54. The zero-order valence-corrected chi connectivity index (χ0v) is 17.8. The number of carbonyl (C=O) groups excluding carboxylic acids is 2. The van der Waals surface area contributed by atoms with E-state index < -0.39 is 0 Å². The second kappa shape index (κ2) is 8.35. The third-order valence-corrected chi connectivity index (χ3v) is 6.75. The molecule has 1 N–H and O–H groups in total. The van der Waals surface area contributed by atoms with Crippen molar-refractivity contribution in [1.29, 1.82) is 0 Å². The van der Waals surface area contributed by atoms with Gasteiger partial charge >= 0.3 is 0 Å². The molecule has 31 heavy (non-hydrogen) atoms. The van der Waals surface area contributed by atoms with Crippen LogP contribution in [0.4, 0.5) is 0 Å². The van der Waals surface area contributed by atoms with E-state index >= 15 is 0 Å². The molecule has 2 heterocycles. The minimum Gasteiger partial charge on any atom is -0.490 e. The molecule has 0 saturated carbocycles. The Kier molecular flexibility index (Phi) is 5.40. The van der Waals surface area contributed by atoms with Crippen LogP contribution in [0.1, 0.15) is 40.7 Å². The molecule has 5 rings (SSSR count). The molecule has 3 aliphatic rings. The van der Waals surface area contributed by atoms with Crippen LogP contribution in [-0.2, 0) is 22.4 Å². The largest absolute Gasteiger partial charge is 0.490 e. The van der Waals surface area contributed by atoms with Crippen LogP contribution in [0.25, 0.3) is 0 Å². The highest BCUT2D eigenvalue weighted by atomic mass is 16.5. The van der Waals surface area contributed by atoms with Crippen molar-refractivity contribution in [1.82, 2.24) is 10.2 Å². The summed E-state index contributed by atoms with van der Waals surface area (Å²) < 4.78 is 12.2. The summed E-state index contributed by atoms with van der Waals surface area (Å²) in [5.41, 5.74) is 3.23. The van der Waals surface area contributed by atoms with Crippen LogP contribution in [-0.4, -0.2) is 54.7 Å². The minimum atomic E-state index is -0.246. The van der Waals surface area contributed by atoms with Gasteiger partial charge in [0.05, 0.1) is 24.1 Å². The van der Waals surface area contributed by atoms with Gasteiger partial charge in [0.15, 0.2) is 0 Å². The zero-order chi connectivity index (χ0) is 21.4. The van der Waals surface area contributed by atoms with Gasteiger partial charge in [0, 0.05) is 13.1 Å². The van der Waals surface area contributed by atoms with E-state index in [0.29, 0.717) is 24.3 Å². The summed E-state index contributed by atoms with van der Waals surface area (Å²) in [6.07, 6.45) is 3.25. The van der Waals surface area contributed by atoms with Crippen molar-refractivity contribution in [2.24, 2.45) is 0 Å². The number of nitrogens with zero attached hydrogens (tertiary/aromatic N) is 1. The van der Waals surface area contributed by atoms with Crippen molar-refractivity contribution in [3.63, 3.8) is 0 Å². The summed E-state index contributed by atoms with van der Waals surface area (Å²) in [6.45, 7) is 0.370. The minimum absolute atomic E-state index is 0.0304. The van der Waals surface area contributed by atoms with Gasteiger partial charge in [0.2, 0.25) is 5.91 Å². The highest BCUT2D eigenvalue weighted by Gasteiger charge is 2.39. The fraction of sp³-hybridized carbons (Fsp3) is 0.440. The van der Waals surface area contributed by atoms with E-state index in [-0.39, 0.29) is 36.1 Å². The molecule has 162 valence electrons. The van der Waals surface area contributed by atoms with Gasteiger partial charge in [0.1, 0.15) is 18.5 Å². The highest BCUT2D eigenvalue weighted by molar-refractivity contribution is 5.97. The summed E-state index contributed by atoms with van der Waals surface area (Å²) in [5, 5.41) is 3.18. The molecule has 0 aromatic heterocycles. The number of hydrogen-bond donors (Lipinski definition) is 1. The van der Waals surface area contributed by atoms with Crippen LogP contribution >= 0.6 is 0 Å². The molecule has 3 atom stereocenters. The first kappa shape index (κ1) is 20.1. The smallest absolute Gasteiger partial charge is 0.257 e. The maximum Gasteiger partial charge on any atom is 0.257 e. The zero-order valence-electron chi connectivity index (χ0n) is 17.8. The third kappa shape index (κ3) is 4.04. The first-order chi connectivity index (χ1) is 15.1. The Morgan fingerprint density at radius 3 is 2.55 bits per heavy atom. The Morgan fingerprint density at radius 1 is 1.06 bits per heavy atom. The summed E-state index contributed by atoms with van der Waals surface area (Å²) in [5.74, 6) is 0.566. The van der Waals surface area contributed by atoms with Crippen LogP contribution in [0.15, 0.2) is 48.5 Å². The molecule has 0 bridgehead atoms. The SMILES string of the molecule is CN1C(=O)c2ccccc2OC[C@@H]2O[C@H](CC(=O)NC3Cc4ccccc4C3)CC[C@@H]21. The van der Waals surface area contributed by atoms with Gasteiger partial charge < -0.3 is 19.7 Å². The summed E-state index contributed by atoms with van der Waals surface area (Å²) in [7, 11) is 1.83. The lowest BCUT2D eigenvalue weighted by molar-refractivity contribution is -0.134. The molecule has 0 unspecified atom stereocenters. The molecule has 0 spiro atoms. The number of benzene rings is 2. The van der Waals surface area contributed by atoms with E-state index in [0.717, 1.165) is 25.7 Å². The number of para-hydroxylation sites is 1. The topological polar surface area (TPSA) is 67.9 Å². The van der Waals surface area contributed by atoms with Gasteiger partial charge in [-0.2, -0.15) is 0 Å². The molecular formula is C25H28N2O4. The number of likely N-dealkylation sites (N-methyl/N-ethyl adjacent to an activating group) is 1. The number of hydrogen-bond acceptors (Lipinski definition) is 4. The predicted molar refractivity (Wildman–Crippen MR) is 116 cm³/mol. The average Bonchev–Trinajstić information content (AvgIpc) is 3.18. The number of nitrogens with one attached hydrogen (secondary N) is 1. The standard InChI is InChI=1S/C25H28N2O4/c1-27-21-11-10-19(14-24(28)26-18-12-16-6-2-3-7-17(16)13-18)31-23(21)15-30-22-9-5-4-8-20(22)25(27)29/h2-9,18-19,21,23H,10-15H2,1H3,(H,26,28)/t19-,21-,23-/m0/s1. The normalized spacial score (nSPS) is 25.5. The molecular weight excluding hydrogens is 392 g/mol. The maximum atomic E-state index is 12.9. The van der Waals surface area contributed by atoms with Crippen molar-refractivity contribution >= 4 is 11.8 Å². The Morgan fingerprint density at radius 2 is 1.77 bits per heavy atom. The molecule has 2 aromatic carbocycles. The molecule has 1 saturated heterocycles. The highest BCUT2D eigenvalue weighted by Crippen LogP contribution is 2.31. The number of rotatable bonds is 3. The first-order valence-electron chi connectivity index (χ1n) is 11.1. The van der Waals surface area contributed by atoms with E-state index in [1.165, 1.54) is 11.1 Å². The van der Waals surface area contributed by atoms with E-state index in [1.807, 2.05) is 37.4 Å². The van der Waals surface area contributed by atoms with Crippen molar-refractivity contribution in [2.75, 3.05) is 13.7 Å². The number of amides is 2. The van der Waals surface area contributed by atoms with Crippen LogP contribution < -0.4 is 10.1 Å². The Labute approximate surface area is 182 Å². The molecule has 2 aliphatic heterocycles. The molecule has 6 nitrogen and oxygen atoms in total. The van der Waals surface area contributed by atoms with Crippen molar-refractivity contribution < 1.29 is 19.1 Å². The van der Waals surface area contributed by atoms with E-state index in [1.54, 1.807) is 11.0 Å². The van der Waals surface area contributed by atoms with Gasteiger partial charge in [-0.25, -0.2) is 0 Å². The fourth-order valence-corrected chi connectivity index (χ4v) is 5.13. The quantitative estimate of drug-likeness (QED) is 0.829. The summed E-state index contributed by atoms with van der Waals surface area (Å²) >= 11 is 0. The average molecular weight is 421 g/mol. The van der Waals surface area contributed by atoms with Gasteiger partial charge in [-0.3, -0.25) is 9.59 Å². The van der Waals surface area contributed by atoms with Crippen molar-refractivity contribution in [2.45, 2.75) is 56.4 Å².